The maximum atomic E-state index is 13.8. The molecule has 43 heavy (non-hydrogen) atoms. The maximum absolute atomic E-state index is 13.8. The molecule has 2 N–H and O–H groups in total. The van der Waals surface area contributed by atoms with E-state index in [2.05, 4.69) is 16.6 Å². The predicted octanol–water partition coefficient (Wildman–Crippen LogP) is 3.03. The number of carbonyl (C=O) groups is 5. The minimum absolute atomic E-state index is 0.0350. The van der Waals surface area contributed by atoms with Crippen molar-refractivity contribution in [2.24, 2.45) is 17.3 Å². The summed E-state index contributed by atoms with van der Waals surface area (Å²) in [6.45, 7) is 10.2. The molecule has 0 bridgehead atoms. The summed E-state index contributed by atoms with van der Waals surface area (Å²) in [5.41, 5.74) is -0.409. The number of unbranched alkanes of at least 4 members (excludes halogenated alkanes) is 1. The van der Waals surface area contributed by atoms with Crippen LogP contribution in [0.5, 0.6) is 0 Å². The van der Waals surface area contributed by atoms with Gasteiger partial charge in [-0.2, -0.15) is 0 Å². The van der Waals surface area contributed by atoms with Crippen LogP contribution in [-0.4, -0.2) is 72.4 Å². The van der Waals surface area contributed by atoms with E-state index in [0.717, 1.165) is 5.56 Å². The lowest BCUT2D eigenvalue weighted by Crippen LogP contribution is -2.56. The largest absolute Gasteiger partial charge is 0.461 e. The standard InChI is InChI=1S/C33H47N3O7/c1-9-10-12-17-25-33(6,7)32(41)35-27(21(2)3)31(40)43-28(22(4)5)30(39)36(8)24(20-23-15-13-11-14-16-23)29(38)34-19-18-26(37)42-25/h1,11,13-16,21-22,24-25,27-28H,10,12,17-20H2,2-8H3,(H,34,38)(H,35,41)/t24-,25?,27+,28+/m1/s1. The van der Waals surface area contributed by atoms with Crippen molar-refractivity contribution in [3.63, 3.8) is 0 Å². The van der Waals surface area contributed by atoms with Gasteiger partial charge in [0.1, 0.15) is 18.2 Å². The number of terminal acetylenes is 1. The molecule has 1 aliphatic heterocycles. The van der Waals surface area contributed by atoms with Crippen molar-refractivity contribution < 1.29 is 33.4 Å². The Bertz CT molecular complexity index is 1170. The van der Waals surface area contributed by atoms with Gasteiger partial charge in [-0.1, -0.05) is 58.0 Å². The number of benzene rings is 1. The fourth-order valence-electron chi connectivity index (χ4n) is 4.82. The molecule has 3 amide bonds. The van der Waals surface area contributed by atoms with Gasteiger partial charge in [-0.15, -0.1) is 12.3 Å². The fraction of sp³-hybridized carbons (Fsp3) is 0.606. The van der Waals surface area contributed by atoms with Crippen molar-refractivity contribution in [2.75, 3.05) is 13.6 Å². The van der Waals surface area contributed by atoms with Crippen molar-refractivity contribution in [3.05, 3.63) is 35.9 Å². The quantitative estimate of drug-likeness (QED) is 0.281. The third-order valence-corrected chi connectivity index (χ3v) is 7.77. The number of amides is 3. The lowest BCUT2D eigenvalue weighted by molar-refractivity contribution is -0.168. The average Bonchev–Trinajstić information content (AvgIpc) is 2.95. The third-order valence-electron chi connectivity index (χ3n) is 7.77. The third kappa shape index (κ3) is 9.84. The molecule has 0 aromatic heterocycles. The van der Waals surface area contributed by atoms with Gasteiger partial charge in [0.05, 0.1) is 11.8 Å². The summed E-state index contributed by atoms with van der Waals surface area (Å²) < 4.78 is 11.6. The number of nitrogens with one attached hydrogen (secondary N) is 2. The zero-order valence-electron chi connectivity index (χ0n) is 26.5. The van der Waals surface area contributed by atoms with Gasteiger partial charge in [0.25, 0.3) is 5.91 Å². The second-order valence-electron chi connectivity index (χ2n) is 12.3. The molecular weight excluding hydrogens is 550 g/mol. The van der Waals surface area contributed by atoms with Crippen LogP contribution in [-0.2, 0) is 39.9 Å². The average molecular weight is 598 g/mol. The van der Waals surface area contributed by atoms with E-state index >= 15 is 0 Å². The Kier molecular flexibility index (Phi) is 13.2. The topological polar surface area (TPSA) is 131 Å². The lowest BCUT2D eigenvalue weighted by Gasteiger charge is -2.35. The van der Waals surface area contributed by atoms with Gasteiger partial charge in [-0.05, 0) is 44.1 Å². The predicted molar refractivity (Wildman–Crippen MR) is 162 cm³/mol. The number of esters is 2. The van der Waals surface area contributed by atoms with E-state index in [9.17, 15) is 24.0 Å². The SMILES string of the molecule is C#CCCCC1OC(=O)CCNC(=O)[C@@H](Cc2ccccc2)N(C)C(=O)[C@H](C(C)C)OC(=O)[C@H](C(C)C)NC(=O)C1(C)C. The Morgan fingerprint density at radius 3 is 2.26 bits per heavy atom. The van der Waals surface area contributed by atoms with Gasteiger partial charge in [0.15, 0.2) is 6.10 Å². The fourth-order valence-corrected chi connectivity index (χ4v) is 4.82. The smallest absolute Gasteiger partial charge is 0.329 e. The van der Waals surface area contributed by atoms with Crippen LogP contribution in [0.2, 0.25) is 0 Å². The number of cyclic esters (lactones) is 2. The number of likely N-dealkylation sites (N-methyl/N-ethyl adjacent to an activating group) is 1. The summed E-state index contributed by atoms with van der Waals surface area (Å²) in [5, 5.41) is 5.54. The summed E-state index contributed by atoms with van der Waals surface area (Å²) in [4.78, 5) is 68.6. The molecule has 1 aliphatic rings. The maximum Gasteiger partial charge on any atom is 0.329 e. The van der Waals surface area contributed by atoms with E-state index in [1.807, 2.05) is 30.3 Å². The molecule has 0 radical (unpaired) electrons. The summed E-state index contributed by atoms with van der Waals surface area (Å²) in [6.07, 6.45) is 4.71. The van der Waals surface area contributed by atoms with E-state index in [1.54, 1.807) is 41.5 Å². The van der Waals surface area contributed by atoms with Crippen molar-refractivity contribution in [3.8, 4) is 12.3 Å². The second kappa shape index (κ2) is 16.1. The minimum atomic E-state index is -1.23. The first-order valence-corrected chi connectivity index (χ1v) is 14.9. The van der Waals surface area contributed by atoms with Gasteiger partial charge >= 0.3 is 11.9 Å². The molecule has 4 atom stereocenters. The lowest BCUT2D eigenvalue weighted by atomic mass is 9.82. The molecule has 236 valence electrons. The Morgan fingerprint density at radius 2 is 1.67 bits per heavy atom. The molecule has 1 heterocycles. The molecule has 10 heteroatoms. The number of carbonyl (C=O) groups excluding carboxylic acids is 5. The molecule has 1 aromatic carbocycles. The highest BCUT2D eigenvalue weighted by Gasteiger charge is 2.43. The molecule has 0 saturated carbocycles. The van der Waals surface area contributed by atoms with E-state index < -0.39 is 65.3 Å². The summed E-state index contributed by atoms with van der Waals surface area (Å²) >= 11 is 0. The number of hydrogen-bond donors (Lipinski definition) is 2. The molecule has 1 unspecified atom stereocenters. The van der Waals surface area contributed by atoms with E-state index in [0.29, 0.717) is 19.3 Å². The molecule has 1 fully saturated rings. The van der Waals surface area contributed by atoms with Gasteiger partial charge in [0, 0.05) is 26.4 Å². The first kappa shape index (κ1) is 35.3. The zero-order valence-corrected chi connectivity index (χ0v) is 26.5. The summed E-state index contributed by atoms with van der Waals surface area (Å²) in [5.74, 6) is -1.14. The van der Waals surface area contributed by atoms with Crippen LogP contribution in [0.3, 0.4) is 0 Å². The molecule has 10 nitrogen and oxygen atoms in total. The van der Waals surface area contributed by atoms with Crippen LogP contribution in [0.15, 0.2) is 30.3 Å². The number of ether oxygens (including phenoxy) is 2. The Hall–Kier alpha value is -3.87. The van der Waals surface area contributed by atoms with Crippen LogP contribution in [0, 0.1) is 29.6 Å². The van der Waals surface area contributed by atoms with Crippen molar-refractivity contribution >= 4 is 29.7 Å². The monoisotopic (exact) mass is 597 g/mol. The zero-order chi connectivity index (χ0) is 32.3. The normalized spacial score (nSPS) is 24.5. The minimum Gasteiger partial charge on any atom is -0.461 e. The number of nitrogens with zero attached hydrogens (tertiary/aromatic N) is 1. The molecule has 0 aliphatic carbocycles. The molecule has 1 aromatic rings. The van der Waals surface area contributed by atoms with E-state index in [-0.39, 0.29) is 25.3 Å². The van der Waals surface area contributed by atoms with Crippen LogP contribution in [0.1, 0.15) is 72.8 Å². The van der Waals surface area contributed by atoms with Crippen molar-refractivity contribution in [1.29, 1.82) is 0 Å². The van der Waals surface area contributed by atoms with Crippen LogP contribution in [0.25, 0.3) is 0 Å². The second-order valence-corrected chi connectivity index (χ2v) is 12.3. The van der Waals surface area contributed by atoms with E-state index in [1.165, 1.54) is 11.9 Å². The van der Waals surface area contributed by atoms with Gasteiger partial charge < -0.3 is 25.0 Å². The van der Waals surface area contributed by atoms with Crippen molar-refractivity contribution in [1.82, 2.24) is 15.5 Å². The molecule has 2 rings (SSSR count). The van der Waals surface area contributed by atoms with Crippen LogP contribution >= 0.6 is 0 Å². The van der Waals surface area contributed by atoms with Crippen LogP contribution in [0.4, 0.5) is 0 Å². The Labute approximate surface area is 255 Å². The highest BCUT2D eigenvalue weighted by atomic mass is 16.6. The van der Waals surface area contributed by atoms with Crippen LogP contribution < -0.4 is 10.6 Å². The molecular formula is C33H47N3O7. The van der Waals surface area contributed by atoms with Gasteiger partial charge in [0.2, 0.25) is 11.8 Å². The molecule has 1 saturated heterocycles. The Morgan fingerprint density at radius 1 is 1.02 bits per heavy atom. The first-order chi connectivity index (χ1) is 20.2. The van der Waals surface area contributed by atoms with Gasteiger partial charge in [-0.25, -0.2) is 4.79 Å². The van der Waals surface area contributed by atoms with E-state index in [4.69, 9.17) is 15.9 Å². The number of hydrogen-bond acceptors (Lipinski definition) is 7. The first-order valence-electron chi connectivity index (χ1n) is 14.9. The highest BCUT2D eigenvalue weighted by Crippen LogP contribution is 2.29. The highest BCUT2D eigenvalue weighted by molar-refractivity contribution is 5.92. The number of rotatable bonds is 7. The van der Waals surface area contributed by atoms with Crippen molar-refractivity contribution in [2.45, 2.75) is 97.9 Å². The Balaban J connectivity index is 2.52. The van der Waals surface area contributed by atoms with Gasteiger partial charge in [-0.3, -0.25) is 19.2 Å². The summed E-state index contributed by atoms with van der Waals surface area (Å²) in [6, 6.07) is 7.20. The summed E-state index contributed by atoms with van der Waals surface area (Å²) in [7, 11) is 1.49. The molecule has 0 spiro atoms.